The summed E-state index contributed by atoms with van der Waals surface area (Å²) in [5, 5.41) is 2.64. The number of nitrogens with one attached hydrogen (secondary N) is 1. The first-order valence-corrected chi connectivity index (χ1v) is 7.08. The van der Waals surface area contributed by atoms with Crippen LogP contribution in [0.3, 0.4) is 0 Å². The van der Waals surface area contributed by atoms with E-state index in [0.717, 1.165) is 11.6 Å². The van der Waals surface area contributed by atoms with Gasteiger partial charge in [0.2, 0.25) is 5.91 Å². The molecule has 0 saturated carbocycles. The van der Waals surface area contributed by atoms with Crippen LogP contribution in [0, 0.1) is 5.82 Å². The smallest absolute Gasteiger partial charge is 0.251 e. The van der Waals surface area contributed by atoms with Gasteiger partial charge in [0.25, 0.3) is 5.91 Å². The molecular formula is C18H17FN2O2. The monoisotopic (exact) mass is 312 g/mol. The van der Waals surface area contributed by atoms with Crippen LogP contribution in [0.15, 0.2) is 61.2 Å². The second-order valence-corrected chi connectivity index (χ2v) is 5.06. The summed E-state index contributed by atoms with van der Waals surface area (Å²) in [7, 11) is 0. The molecule has 5 heteroatoms. The Labute approximate surface area is 133 Å². The molecule has 118 valence electrons. The van der Waals surface area contributed by atoms with Crippen LogP contribution < -0.4 is 11.1 Å². The van der Waals surface area contributed by atoms with Crippen LogP contribution in [0.25, 0.3) is 0 Å². The van der Waals surface area contributed by atoms with Gasteiger partial charge in [-0.05, 0) is 23.8 Å². The van der Waals surface area contributed by atoms with Crippen LogP contribution in [0.1, 0.15) is 28.3 Å². The van der Waals surface area contributed by atoms with E-state index in [-0.39, 0.29) is 23.8 Å². The van der Waals surface area contributed by atoms with Gasteiger partial charge in [-0.15, -0.1) is 6.58 Å². The summed E-state index contributed by atoms with van der Waals surface area (Å²) in [5.74, 6) is -2.00. The molecule has 0 aromatic heterocycles. The van der Waals surface area contributed by atoms with E-state index in [1.54, 1.807) is 6.08 Å². The minimum Gasteiger partial charge on any atom is -0.366 e. The van der Waals surface area contributed by atoms with E-state index in [4.69, 9.17) is 5.73 Å². The molecule has 2 rings (SSSR count). The van der Waals surface area contributed by atoms with E-state index in [2.05, 4.69) is 11.9 Å². The van der Waals surface area contributed by atoms with E-state index >= 15 is 0 Å². The summed E-state index contributed by atoms with van der Waals surface area (Å²) in [6.45, 7) is 3.76. The number of carbonyl (C=O) groups excluding carboxylic acids is 2. The number of hydrogen-bond acceptors (Lipinski definition) is 2. The molecule has 0 radical (unpaired) electrons. The molecule has 0 saturated heterocycles. The lowest BCUT2D eigenvalue weighted by Gasteiger charge is -2.13. The highest BCUT2D eigenvalue weighted by Gasteiger charge is 2.14. The van der Waals surface area contributed by atoms with Crippen LogP contribution >= 0.6 is 0 Å². The number of primary amides is 1. The molecule has 4 nitrogen and oxygen atoms in total. The lowest BCUT2D eigenvalue weighted by molar-refractivity contribution is -0.116. The molecule has 2 aromatic rings. The number of halogens is 1. The molecule has 0 fully saturated rings. The van der Waals surface area contributed by atoms with Crippen molar-refractivity contribution in [3.8, 4) is 0 Å². The summed E-state index contributed by atoms with van der Waals surface area (Å²) in [6.07, 6.45) is 1.89. The van der Waals surface area contributed by atoms with Gasteiger partial charge in [0.05, 0.1) is 5.56 Å². The van der Waals surface area contributed by atoms with E-state index in [1.165, 1.54) is 12.1 Å². The van der Waals surface area contributed by atoms with Crippen LogP contribution in [-0.2, 0) is 4.79 Å². The van der Waals surface area contributed by atoms with Crippen molar-refractivity contribution in [2.45, 2.75) is 12.3 Å². The fourth-order valence-electron chi connectivity index (χ4n) is 2.24. The number of carbonyl (C=O) groups is 2. The van der Waals surface area contributed by atoms with E-state index in [1.807, 2.05) is 30.3 Å². The molecule has 0 heterocycles. The first-order chi connectivity index (χ1) is 11.0. The van der Waals surface area contributed by atoms with Crippen LogP contribution in [0.2, 0.25) is 0 Å². The number of rotatable bonds is 6. The van der Waals surface area contributed by atoms with E-state index in [0.29, 0.717) is 5.69 Å². The second-order valence-electron chi connectivity index (χ2n) is 5.06. The van der Waals surface area contributed by atoms with Crippen molar-refractivity contribution < 1.29 is 14.0 Å². The van der Waals surface area contributed by atoms with Gasteiger partial charge in [-0.2, -0.15) is 0 Å². The summed E-state index contributed by atoms with van der Waals surface area (Å²) in [6, 6.07) is 13.2. The summed E-state index contributed by atoms with van der Waals surface area (Å²) in [4.78, 5) is 23.3. The summed E-state index contributed by atoms with van der Waals surface area (Å²) < 4.78 is 13.4. The Hall–Kier alpha value is -2.95. The summed E-state index contributed by atoms with van der Waals surface area (Å²) >= 11 is 0. The Morgan fingerprint density at radius 3 is 2.52 bits per heavy atom. The quantitative estimate of drug-likeness (QED) is 0.804. The number of amides is 2. The van der Waals surface area contributed by atoms with Crippen LogP contribution in [0.4, 0.5) is 10.1 Å². The maximum atomic E-state index is 13.4. The van der Waals surface area contributed by atoms with Gasteiger partial charge in [0.15, 0.2) is 0 Å². The zero-order valence-electron chi connectivity index (χ0n) is 12.5. The van der Waals surface area contributed by atoms with Crippen molar-refractivity contribution in [2.75, 3.05) is 5.32 Å². The van der Waals surface area contributed by atoms with Crippen molar-refractivity contribution in [1.29, 1.82) is 0 Å². The Morgan fingerprint density at radius 2 is 1.91 bits per heavy atom. The van der Waals surface area contributed by atoms with Crippen molar-refractivity contribution in [3.63, 3.8) is 0 Å². The number of benzene rings is 2. The molecule has 1 atom stereocenters. The summed E-state index contributed by atoms with van der Waals surface area (Å²) in [5.41, 5.74) is 6.13. The van der Waals surface area contributed by atoms with Crippen LogP contribution in [0.5, 0.6) is 0 Å². The topological polar surface area (TPSA) is 72.2 Å². The van der Waals surface area contributed by atoms with Gasteiger partial charge in [-0.1, -0.05) is 36.4 Å². The SMILES string of the molecule is C=CC(CC(=O)Nc1ccc(F)c(C(N)=O)c1)c1ccccc1. The predicted octanol–water partition coefficient (Wildman–Crippen LogP) is 3.22. The van der Waals surface area contributed by atoms with Gasteiger partial charge in [-0.3, -0.25) is 9.59 Å². The van der Waals surface area contributed by atoms with Crippen molar-refractivity contribution in [2.24, 2.45) is 5.73 Å². The number of hydrogen-bond donors (Lipinski definition) is 2. The maximum Gasteiger partial charge on any atom is 0.251 e. The number of nitrogens with two attached hydrogens (primary N) is 1. The third-order valence-electron chi connectivity index (χ3n) is 3.43. The third-order valence-corrected chi connectivity index (χ3v) is 3.43. The van der Waals surface area contributed by atoms with Crippen molar-refractivity contribution in [1.82, 2.24) is 0 Å². The normalized spacial score (nSPS) is 11.5. The molecule has 0 bridgehead atoms. The zero-order chi connectivity index (χ0) is 16.8. The molecule has 0 spiro atoms. The molecule has 23 heavy (non-hydrogen) atoms. The zero-order valence-corrected chi connectivity index (χ0v) is 12.5. The first-order valence-electron chi connectivity index (χ1n) is 7.08. The average Bonchev–Trinajstić information content (AvgIpc) is 2.55. The van der Waals surface area contributed by atoms with Gasteiger partial charge in [0, 0.05) is 18.0 Å². The lowest BCUT2D eigenvalue weighted by Crippen LogP contribution is -2.17. The Morgan fingerprint density at radius 1 is 1.22 bits per heavy atom. The van der Waals surface area contributed by atoms with Gasteiger partial charge in [0.1, 0.15) is 5.82 Å². The Balaban J connectivity index is 2.09. The Bertz CT molecular complexity index is 729. The van der Waals surface area contributed by atoms with Gasteiger partial charge >= 0.3 is 0 Å². The predicted molar refractivity (Wildman–Crippen MR) is 87.5 cm³/mol. The van der Waals surface area contributed by atoms with Gasteiger partial charge < -0.3 is 11.1 Å². The highest BCUT2D eigenvalue weighted by molar-refractivity contribution is 5.96. The number of allylic oxidation sites excluding steroid dienone is 1. The number of anilines is 1. The fourth-order valence-corrected chi connectivity index (χ4v) is 2.24. The molecule has 0 aliphatic heterocycles. The largest absolute Gasteiger partial charge is 0.366 e. The molecule has 1 unspecified atom stereocenters. The highest BCUT2D eigenvalue weighted by atomic mass is 19.1. The minimum absolute atomic E-state index is 0.132. The molecule has 0 aliphatic rings. The van der Waals surface area contributed by atoms with E-state index in [9.17, 15) is 14.0 Å². The van der Waals surface area contributed by atoms with Crippen LogP contribution in [-0.4, -0.2) is 11.8 Å². The molecule has 2 amide bonds. The fraction of sp³-hybridized carbons (Fsp3) is 0.111. The first kappa shape index (κ1) is 16.4. The highest BCUT2D eigenvalue weighted by Crippen LogP contribution is 2.22. The van der Waals surface area contributed by atoms with E-state index < -0.39 is 11.7 Å². The minimum atomic E-state index is -0.883. The molecule has 3 N–H and O–H groups in total. The average molecular weight is 312 g/mol. The van der Waals surface area contributed by atoms with Crippen molar-refractivity contribution >= 4 is 17.5 Å². The second kappa shape index (κ2) is 7.35. The maximum absolute atomic E-state index is 13.4. The Kier molecular flexibility index (Phi) is 5.25. The lowest BCUT2D eigenvalue weighted by atomic mass is 9.95. The molecule has 0 aliphatic carbocycles. The van der Waals surface area contributed by atoms with Crippen molar-refractivity contribution in [3.05, 3.63) is 78.1 Å². The molecule has 2 aromatic carbocycles. The standard InChI is InChI=1S/C18H17FN2O2/c1-2-12(13-6-4-3-5-7-13)10-17(22)21-14-8-9-16(19)15(11-14)18(20)23/h2-9,11-12H,1,10H2,(H2,20,23)(H,21,22). The third kappa shape index (κ3) is 4.26. The van der Waals surface area contributed by atoms with Gasteiger partial charge in [-0.25, -0.2) is 4.39 Å². The molecular weight excluding hydrogens is 295 g/mol.